The lowest BCUT2D eigenvalue weighted by Gasteiger charge is -2.36. The van der Waals surface area contributed by atoms with Crippen molar-refractivity contribution in [2.75, 3.05) is 0 Å². The topological polar surface area (TPSA) is 55.8 Å². The Kier molecular flexibility index (Phi) is 7.98. The monoisotopic (exact) mass is 380 g/mol. The molecule has 0 radical (unpaired) electrons. The minimum atomic E-state index is -1.99. The van der Waals surface area contributed by atoms with Crippen molar-refractivity contribution in [3.8, 4) is 0 Å². The van der Waals surface area contributed by atoms with Gasteiger partial charge in [-0.3, -0.25) is 4.79 Å². The highest BCUT2D eigenvalue weighted by atomic mass is 28.4. The van der Waals surface area contributed by atoms with Crippen molar-refractivity contribution in [3.05, 3.63) is 0 Å². The number of carbonyl (C=O) groups excluding carboxylic acids is 1. The molecule has 0 amide bonds. The molecule has 8 heteroatoms. The Balaban J connectivity index is 4.52. The molecule has 0 rings (SSSR count). The van der Waals surface area contributed by atoms with Gasteiger partial charge in [0, 0.05) is 6.92 Å². The molecule has 0 spiro atoms. The molecule has 4 nitrogen and oxygen atoms in total. The third kappa shape index (κ3) is 11.8. The van der Waals surface area contributed by atoms with Crippen LogP contribution in [-0.4, -0.2) is 44.0 Å². The predicted molar refractivity (Wildman–Crippen MR) is 104 cm³/mol. The SMILES string of the molecule is CC(=O)O[Si](C)(C)CC[Si](C)(C)O[Si](C)(C)CC[Si](C)(C)O. The predicted octanol–water partition coefficient (Wildman–Crippen LogP) is 4.38. The summed E-state index contributed by atoms with van der Waals surface area (Å²) < 4.78 is 12.1. The highest BCUT2D eigenvalue weighted by Crippen LogP contribution is 2.28. The van der Waals surface area contributed by atoms with Gasteiger partial charge < -0.3 is 13.3 Å². The lowest BCUT2D eigenvalue weighted by Crippen LogP contribution is -2.46. The zero-order valence-corrected chi connectivity index (χ0v) is 20.0. The zero-order valence-electron chi connectivity index (χ0n) is 16.0. The summed E-state index contributed by atoms with van der Waals surface area (Å²) in [6, 6.07) is 3.96. The first kappa shape index (κ1) is 22.3. The molecule has 0 aliphatic carbocycles. The molecule has 0 aromatic rings. The fourth-order valence-corrected chi connectivity index (χ4v) is 19.9. The molecule has 132 valence electrons. The van der Waals surface area contributed by atoms with Gasteiger partial charge in [-0.1, -0.05) is 0 Å². The average Bonchev–Trinajstić information content (AvgIpc) is 2.20. The van der Waals surface area contributed by atoms with E-state index in [0.29, 0.717) is 0 Å². The van der Waals surface area contributed by atoms with Crippen LogP contribution in [0.1, 0.15) is 6.92 Å². The molecule has 0 aromatic carbocycles. The summed E-state index contributed by atoms with van der Waals surface area (Å²) in [4.78, 5) is 21.2. The number of carbonyl (C=O) groups is 1. The van der Waals surface area contributed by atoms with Crippen LogP contribution in [0.5, 0.6) is 0 Å². The quantitative estimate of drug-likeness (QED) is 0.603. The van der Waals surface area contributed by atoms with Crippen molar-refractivity contribution in [2.45, 2.75) is 83.5 Å². The summed E-state index contributed by atoms with van der Waals surface area (Å²) >= 11 is 0. The molecular formula is C14H36O4Si4. The van der Waals surface area contributed by atoms with Crippen LogP contribution < -0.4 is 0 Å². The Morgan fingerprint density at radius 2 is 1.14 bits per heavy atom. The molecule has 0 atom stereocenters. The zero-order chi connectivity index (χ0) is 17.8. The Hall–Kier alpha value is 0.258. The van der Waals surface area contributed by atoms with E-state index in [0.717, 1.165) is 24.2 Å². The van der Waals surface area contributed by atoms with E-state index in [1.807, 2.05) is 13.1 Å². The second kappa shape index (κ2) is 7.89. The molecule has 0 unspecified atom stereocenters. The Bertz CT molecular complexity index is 376. The molecule has 0 aromatic heterocycles. The lowest BCUT2D eigenvalue weighted by molar-refractivity contribution is -0.132. The molecule has 0 bridgehead atoms. The standard InChI is InChI=1S/C14H36O4Si4/c1-14(15)17-20(4,5)12-13-22(8,9)18-21(6,7)11-10-19(2,3)16/h16H,10-13H2,1-9H3. The number of hydrogen-bond donors (Lipinski definition) is 1. The van der Waals surface area contributed by atoms with E-state index in [1.165, 1.54) is 6.92 Å². The molecule has 0 aliphatic heterocycles. The molecule has 0 saturated carbocycles. The first-order valence-corrected chi connectivity index (χ1v) is 20.7. The van der Waals surface area contributed by atoms with Crippen molar-refractivity contribution in [1.29, 1.82) is 0 Å². The largest absolute Gasteiger partial charge is 0.520 e. The van der Waals surface area contributed by atoms with Crippen LogP contribution in [0.3, 0.4) is 0 Å². The van der Waals surface area contributed by atoms with E-state index in [-0.39, 0.29) is 5.97 Å². The molecule has 0 fully saturated rings. The van der Waals surface area contributed by atoms with Gasteiger partial charge >= 0.3 is 0 Å². The van der Waals surface area contributed by atoms with Crippen LogP contribution in [-0.2, 0) is 13.3 Å². The van der Waals surface area contributed by atoms with Gasteiger partial charge in [0.05, 0.1) is 0 Å². The molecule has 1 N–H and O–H groups in total. The van der Waals surface area contributed by atoms with E-state index in [1.54, 1.807) is 0 Å². The fourth-order valence-electron chi connectivity index (χ4n) is 2.50. The molecule has 0 saturated heterocycles. The Labute approximate surface area is 141 Å². The smallest absolute Gasteiger partial charge is 0.289 e. The highest BCUT2D eigenvalue weighted by Gasteiger charge is 2.37. The molecular weight excluding hydrogens is 344 g/mol. The Morgan fingerprint density at radius 1 is 0.773 bits per heavy atom. The fraction of sp³-hybridized carbons (Fsp3) is 0.929. The minimum absolute atomic E-state index is 0.165. The lowest BCUT2D eigenvalue weighted by atomic mass is 10.9. The van der Waals surface area contributed by atoms with Gasteiger partial charge in [-0.15, -0.1) is 0 Å². The first-order valence-electron chi connectivity index (χ1n) is 8.16. The summed E-state index contributed by atoms with van der Waals surface area (Å²) in [6.07, 6.45) is 0. The normalized spacial score (nSPS) is 14.1. The van der Waals surface area contributed by atoms with Crippen molar-refractivity contribution >= 4 is 39.2 Å². The van der Waals surface area contributed by atoms with Gasteiger partial charge in [0.1, 0.15) is 0 Å². The highest BCUT2D eigenvalue weighted by molar-refractivity contribution is 6.86. The van der Waals surface area contributed by atoms with Gasteiger partial charge in [0.25, 0.3) is 5.97 Å². The van der Waals surface area contributed by atoms with Crippen molar-refractivity contribution in [1.82, 2.24) is 0 Å². The van der Waals surface area contributed by atoms with Gasteiger partial charge in [0.2, 0.25) is 8.32 Å². The van der Waals surface area contributed by atoms with Crippen LogP contribution in [0.4, 0.5) is 0 Å². The van der Waals surface area contributed by atoms with Crippen molar-refractivity contribution in [3.63, 3.8) is 0 Å². The maximum atomic E-state index is 11.2. The second-order valence-electron chi connectivity index (χ2n) is 8.79. The van der Waals surface area contributed by atoms with Gasteiger partial charge in [0.15, 0.2) is 25.0 Å². The molecule has 0 aliphatic rings. The van der Waals surface area contributed by atoms with E-state index < -0.39 is 33.3 Å². The Morgan fingerprint density at radius 3 is 1.50 bits per heavy atom. The maximum Gasteiger partial charge on any atom is 0.289 e. The minimum Gasteiger partial charge on any atom is -0.520 e. The van der Waals surface area contributed by atoms with E-state index >= 15 is 0 Å². The third-order valence-corrected chi connectivity index (χ3v) is 15.7. The van der Waals surface area contributed by atoms with Crippen LogP contribution in [0.2, 0.25) is 76.6 Å². The number of hydrogen-bond acceptors (Lipinski definition) is 4. The van der Waals surface area contributed by atoms with Crippen LogP contribution in [0.15, 0.2) is 0 Å². The third-order valence-electron chi connectivity index (χ3n) is 3.64. The summed E-state index contributed by atoms with van der Waals surface area (Å²) in [5.74, 6) is -0.165. The van der Waals surface area contributed by atoms with E-state index in [4.69, 9.17) is 8.54 Å². The summed E-state index contributed by atoms with van der Waals surface area (Å²) in [5, 5.41) is 0. The summed E-state index contributed by atoms with van der Waals surface area (Å²) in [5.41, 5.74) is 0. The maximum absolute atomic E-state index is 11.2. The van der Waals surface area contributed by atoms with Crippen molar-refractivity contribution < 1.29 is 18.1 Å². The van der Waals surface area contributed by atoms with Gasteiger partial charge in [-0.05, 0) is 76.6 Å². The van der Waals surface area contributed by atoms with Crippen LogP contribution in [0.25, 0.3) is 0 Å². The van der Waals surface area contributed by atoms with Crippen LogP contribution in [0, 0.1) is 0 Å². The van der Waals surface area contributed by atoms with Crippen LogP contribution >= 0.6 is 0 Å². The van der Waals surface area contributed by atoms with E-state index in [2.05, 4.69) is 39.3 Å². The number of rotatable bonds is 9. The average molecular weight is 381 g/mol. The summed E-state index contributed by atoms with van der Waals surface area (Å²) in [6.45, 7) is 18.7. The second-order valence-corrected chi connectivity index (χ2v) is 26.0. The van der Waals surface area contributed by atoms with Crippen molar-refractivity contribution in [2.24, 2.45) is 0 Å². The summed E-state index contributed by atoms with van der Waals surface area (Å²) in [7, 11) is -7.39. The first-order chi connectivity index (χ1) is 9.54. The molecule has 22 heavy (non-hydrogen) atoms. The van der Waals surface area contributed by atoms with Gasteiger partial charge in [-0.2, -0.15) is 0 Å². The van der Waals surface area contributed by atoms with E-state index in [9.17, 15) is 9.59 Å². The van der Waals surface area contributed by atoms with Gasteiger partial charge in [-0.25, -0.2) is 0 Å². The molecule has 0 heterocycles.